The van der Waals surface area contributed by atoms with E-state index in [-0.39, 0.29) is 12.5 Å². The van der Waals surface area contributed by atoms with Crippen molar-refractivity contribution in [1.29, 1.82) is 0 Å². The minimum atomic E-state index is -0.0927. The summed E-state index contributed by atoms with van der Waals surface area (Å²) in [6.45, 7) is 0.194. The van der Waals surface area contributed by atoms with Gasteiger partial charge in [-0.15, -0.1) is 0 Å². The first-order valence-corrected chi connectivity index (χ1v) is 4.87. The summed E-state index contributed by atoms with van der Waals surface area (Å²) in [5, 5.41) is 5.50. The van der Waals surface area contributed by atoms with E-state index >= 15 is 0 Å². The van der Waals surface area contributed by atoms with Crippen molar-refractivity contribution in [3.8, 4) is 11.5 Å². The lowest BCUT2D eigenvalue weighted by Gasteiger charge is -2.11. The van der Waals surface area contributed by atoms with E-state index in [1.807, 2.05) is 0 Å². The van der Waals surface area contributed by atoms with Crippen LogP contribution in [0.25, 0.3) is 0 Å². The number of nitrogens with one attached hydrogen (secondary N) is 2. The van der Waals surface area contributed by atoms with Crippen molar-refractivity contribution < 1.29 is 14.3 Å². The summed E-state index contributed by atoms with van der Waals surface area (Å²) >= 11 is 0. The summed E-state index contributed by atoms with van der Waals surface area (Å²) in [7, 11) is 4.75. The fourth-order valence-corrected chi connectivity index (χ4v) is 1.22. The average molecular weight is 224 g/mol. The molecule has 1 aromatic rings. The Balaban J connectivity index is 2.78. The standard InChI is InChI=1S/C11H16N2O3/c1-12-11(14)7-13-9-6-8(15-2)4-5-10(9)16-3/h4-6,13H,7H2,1-3H3,(H,12,14). The van der Waals surface area contributed by atoms with E-state index in [9.17, 15) is 4.79 Å². The summed E-state index contributed by atoms with van der Waals surface area (Å²) in [4.78, 5) is 11.1. The molecule has 0 saturated heterocycles. The van der Waals surface area contributed by atoms with Gasteiger partial charge in [0.05, 0.1) is 26.5 Å². The van der Waals surface area contributed by atoms with Gasteiger partial charge in [0, 0.05) is 13.1 Å². The number of anilines is 1. The number of hydrogen-bond donors (Lipinski definition) is 2. The lowest BCUT2D eigenvalue weighted by atomic mass is 10.2. The zero-order valence-corrected chi connectivity index (χ0v) is 9.66. The van der Waals surface area contributed by atoms with Crippen molar-refractivity contribution >= 4 is 11.6 Å². The summed E-state index contributed by atoms with van der Waals surface area (Å²) in [6, 6.07) is 5.36. The number of benzene rings is 1. The van der Waals surface area contributed by atoms with Gasteiger partial charge in [0.2, 0.25) is 5.91 Å². The maximum atomic E-state index is 11.1. The van der Waals surface area contributed by atoms with Crippen molar-refractivity contribution in [2.75, 3.05) is 33.1 Å². The molecule has 88 valence electrons. The molecule has 0 aromatic heterocycles. The van der Waals surface area contributed by atoms with Crippen LogP contribution in [0, 0.1) is 0 Å². The topological polar surface area (TPSA) is 59.6 Å². The molecule has 0 fully saturated rings. The lowest BCUT2D eigenvalue weighted by molar-refractivity contribution is -0.118. The second-order valence-electron chi connectivity index (χ2n) is 3.09. The molecule has 16 heavy (non-hydrogen) atoms. The number of hydrogen-bond acceptors (Lipinski definition) is 4. The summed E-state index contributed by atoms with van der Waals surface area (Å²) in [6.07, 6.45) is 0. The first-order valence-electron chi connectivity index (χ1n) is 4.87. The maximum Gasteiger partial charge on any atom is 0.239 e. The van der Waals surface area contributed by atoms with Crippen LogP contribution in [0.5, 0.6) is 11.5 Å². The fourth-order valence-electron chi connectivity index (χ4n) is 1.22. The Labute approximate surface area is 94.7 Å². The third kappa shape index (κ3) is 3.05. The molecule has 5 heteroatoms. The molecule has 0 heterocycles. The summed E-state index contributed by atoms with van der Waals surface area (Å²) in [5.41, 5.74) is 0.727. The average Bonchev–Trinajstić information content (AvgIpc) is 2.35. The van der Waals surface area contributed by atoms with Crippen LogP contribution in [0.15, 0.2) is 18.2 Å². The lowest BCUT2D eigenvalue weighted by Crippen LogP contribution is -2.26. The molecule has 5 nitrogen and oxygen atoms in total. The summed E-state index contributed by atoms with van der Waals surface area (Å²) < 4.78 is 10.3. The van der Waals surface area contributed by atoms with E-state index in [4.69, 9.17) is 9.47 Å². The third-order valence-corrected chi connectivity index (χ3v) is 2.12. The third-order valence-electron chi connectivity index (χ3n) is 2.12. The van der Waals surface area contributed by atoms with Gasteiger partial charge in [0.1, 0.15) is 11.5 Å². The number of amides is 1. The highest BCUT2D eigenvalue weighted by Crippen LogP contribution is 2.28. The monoisotopic (exact) mass is 224 g/mol. The van der Waals surface area contributed by atoms with E-state index in [2.05, 4.69) is 10.6 Å². The largest absolute Gasteiger partial charge is 0.497 e. The van der Waals surface area contributed by atoms with Crippen LogP contribution in [0.1, 0.15) is 0 Å². The Morgan fingerprint density at radius 1 is 1.31 bits per heavy atom. The van der Waals surface area contributed by atoms with Gasteiger partial charge in [-0.1, -0.05) is 0 Å². The van der Waals surface area contributed by atoms with Gasteiger partial charge in [0.25, 0.3) is 0 Å². The second kappa shape index (κ2) is 5.85. The fraction of sp³-hybridized carbons (Fsp3) is 0.364. The van der Waals surface area contributed by atoms with Crippen LogP contribution in [-0.4, -0.2) is 33.7 Å². The maximum absolute atomic E-state index is 11.1. The predicted molar refractivity (Wildman–Crippen MR) is 62.1 cm³/mol. The molecule has 1 amide bonds. The zero-order valence-electron chi connectivity index (χ0n) is 9.66. The minimum absolute atomic E-state index is 0.0927. The van der Waals surface area contributed by atoms with Crippen molar-refractivity contribution in [2.24, 2.45) is 0 Å². The van der Waals surface area contributed by atoms with E-state index < -0.39 is 0 Å². The zero-order chi connectivity index (χ0) is 12.0. The van der Waals surface area contributed by atoms with E-state index in [0.29, 0.717) is 11.5 Å². The number of likely N-dealkylation sites (N-methyl/N-ethyl adjacent to an activating group) is 1. The van der Waals surface area contributed by atoms with Gasteiger partial charge < -0.3 is 20.1 Å². The van der Waals surface area contributed by atoms with Gasteiger partial charge in [-0.25, -0.2) is 0 Å². The molecule has 0 radical (unpaired) electrons. The Bertz CT molecular complexity index is 366. The van der Waals surface area contributed by atoms with Crippen LogP contribution in [0.3, 0.4) is 0 Å². The Morgan fingerprint density at radius 2 is 2.06 bits per heavy atom. The number of ether oxygens (including phenoxy) is 2. The van der Waals surface area contributed by atoms with Crippen molar-refractivity contribution in [3.63, 3.8) is 0 Å². The molecule has 2 N–H and O–H groups in total. The normalized spacial score (nSPS) is 9.44. The number of methoxy groups -OCH3 is 2. The first kappa shape index (κ1) is 12.2. The smallest absolute Gasteiger partial charge is 0.239 e. The van der Waals surface area contributed by atoms with E-state index in [1.54, 1.807) is 39.5 Å². The SMILES string of the molecule is CNC(=O)CNc1cc(OC)ccc1OC. The molecular weight excluding hydrogens is 208 g/mol. The minimum Gasteiger partial charge on any atom is -0.497 e. The quantitative estimate of drug-likeness (QED) is 0.779. The van der Waals surface area contributed by atoms with Gasteiger partial charge >= 0.3 is 0 Å². The van der Waals surface area contributed by atoms with Crippen LogP contribution in [-0.2, 0) is 4.79 Å². The van der Waals surface area contributed by atoms with Crippen molar-refractivity contribution in [3.05, 3.63) is 18.2 Å². The van der Waals surface area contributed by atoms with Gasteiger partial charge in [-0.2, -0.15) is 0 Å². The molecule has 0 aliphatic carbocycles. The molecule has 1 aromatic carbocycles. The highest BCUT2D eigenvalue weighted by Gasteiger charge is 2.05. The molecular formula is C11H16N2O3. The van der Waals surface area contributed by atoms with Crippen LogP contribution >= 0.6 is 0 Å². The van der Waals surface area contributed by atoms with Crippen molar-refractivity contribution in [2.45, 2.75) is 0 Å². The molecule has 0 bridgehead atoms. The van der Waals surface area contributed by atoms with Crippen LogP contribution in [0.2, 0.25) is 0 Å². The predicted octanol–water partition coefficient (Wildman–Crippen LogP) is 0.862. The van der Waals surface area contributed by atoms with Crippen molar-refractivity contribution in [1.82, 2.24) is 5.32 Å². The number of carbonyl (C=O) groups is 1. The molecule has 0 unspecified atom stereocenters. The highest BCUT2D eigenvalue weighted by molar-refractivity contribution is 5.81. The molecule has 0 aliphatic rings. The molecule has 1 rings (SSSR count). The number of rotatable bonds is 5. The van der Waals surface area contributed by atoms with Crippen LogP contribution < -0.4 is 20.1 Å². The van der Waals surface area contributed by atoms with Crippen LogP contribution in [0.4, 0.5) is 5.69 Å². The Hall–Kier alpha value is -1.91. The highest BCUT2D eigenvalue weighted by atomic mass is 16.5. The first-order chi connectivity index (χ1) is 7.71. The van der Waals surface area contributed by atoms with Gasteiger partial charge in [0.15, 0.2) is 0 Å². The molecule has 0 aliphatic heterocycles. The number of carbonyl (C=O) groups excluding carboxylic acids is 1. The Morgan fingerprint density at radius 3 is 2.62 bits per heavy atom. The van der Waals surface area contributed by atoms with E-state index in [1.165, 1.54) is 0 Å². The second-order valence-corrected chi connectivity index (χ2v) is 3.09. The summed E-state index contributed by atoms with van der Waals surface area (Å²) in [5.74, 6) is 1.29. The molecule has 0 atom stereocenters. The Kier molecular flexibility index (Phi) is 4.44. The molecule has 0 spiro atoms. The van der Waals surface area contributed by atoms with Gasteiger partial charge in [-0.05, 0) is 12.1 Å². The van der Waals surface area contributed by atoms with E-state index in [0.717, 1.165) is 5.69 Å². The van der Waals surface area contributed by atoms with Gasteiger partial charge in [-0.3, -0.25) is 4.79 Å². The molecule has 0 saturated carbocycles.